The van der Waals surface area contributed by atoms with Gasteiger partial charge < -0.3 is 14.5 Å². The molecule has 1 saturated heterocycles. The maximum absolute atomic E-state index is 11.9. The highest BCUT2D eigenvalue weighted by molar-refractivity contribution is 7.91. The second-order valence-electron chi connectivity index (χ2n) is 6.06. The number of fused-ring (bicyclic) bond motifs is 1. The standard InChI is InChI=1S/C17H19NO6S/c1-2-11-7-17(20)24-15-8-13(3-4-14(11)15)23-9-16(19)18-12-5-6-25(21,22)10-12/h3-4,7-8,12H,2,5-6,9-10H2,1H3,(H,18,19)/t12-/m1/s1. The maximum atomic E-state index is 11.9. The minimum Gasteiger partial charge on any atom is -0.484 e. The van der Waals surface area contributed by atoms with E-state index in [1.807, 2.05) is 6.92 Å². The summed E-state index contributed by atoms with van der Waals surface area (Å²) in [5, 5.41) is 3.48. The zero-order valence-corrected chi connectivity index (χ0v) is 14.6. The Labute approximate surface area is 144 Å². The third kappa shape index (κ3) is 4.19. The molecule has 2 aromatic rings. The fraction of sp³-hybridized carbons (Fsp3) is 0.412. The van der Waals surface area contributed by atoms with Gasteiger partial charge in [-0.15, -0.1) is 0 Å². The van der Waals surface area contributed by atoms with Crippen LogP contribution in [0.2, 0.25) is 0 Å². The lowest BCUT2D eigenvalue weighted by Gasteiger charge is -2.12. The number of carbonyl (C=O) groups is 1. The summed E-state index contributed by atoms with van der Waals surface area (Å²) in [7, 11) is -3.04. The van der Waals surface area contributed by atoms with Crippen LogP contribution in [0.15, 0.2) is 33.5 Å². The van der Waals surface area contributed by atoms with Crippen LogP contribution in [0, 0.1) is 0 Å². The first-order valence-corrected chi connectivity index (χ1v) is 9.88. The van der Waals surface area contributed by atoms with Gasteiger partial charge in [-0.25, -0.2) is 13.2 Å². The lowest BCUT2D eigenvalue weighted by Crippen LogP contribution is -2.38. The fourth-order valence-corrected chi connectivity index (χ4v) is 4.59. The van der Waals surface area contributed by atoms with Crippen molar-refractivity contribution < 1.29 is 22.4 Å². The van der Waals surface area contributed by atoms with E-state index >= 15 is 0 Å². The molecule has 0 spiro atoms. The predicted molar refractivity (Wildman–Crippen MR) is 92.6 cm³/mol. The molecule has 0 saturated carbocycles. The van der Waals surface area contributed by atoms with Crippen molar-refractivity contribution in [3.63, 3.8) is 0 Å². The molecular formula is C17H19NO6S. The first-order valence-electron chi connectivity index (χ1n) is 8.05. The fourth-order valence-electron chi connectivity index (χ4n) is 2.92. The van der Waals surface area contributed by atoms with Gasteiger partial charge in [0.2, 0.25) is 0 Å². The van der Waals surface area contributed by atoms with Gasteiger partial charge >= 0.3 is 5.63 Å². The molecule has 1 N–H and O–H groups in total. The summed E-state index contributed by atoms with van der Waals surface area (Å²) >= 11 is 0. The van der Waals surface area contributed by atoms with E-state index in [4.69, 9.17) is 9.15 Å². The van der Waals surface area contributed by atoms with Gasteiger partial charge in [0.05, 0.1) is 11.5 Å². The molecule has 2 heterocycles. The molecular weight excluding hydrogens is 346 g/mol. The second kappa shape index (κ2) is 6.87. The first-order chi connectivity index (χ1) is 11.9. The summed E-state index contributed by atoms with van der Waals surface area (Å²) in [6.07, 6.45) is 1.13. The third-order valence-corrected chi connectivity index (χ3v) is 5.92. The number of aryl methyl sites for hydroxylation is 1. The van der Waals surface area contributed by atoms with Crippen molar-refractivity contribution in [3.05, 3.63) is 40.2 Å². The summed E-state index contributed by atoms with van der Waals surface area (Å²) in [6.45, 7) is 1.71. The van der Waals surface area contributed by atoms with Gasteiger partial charge in [-0.2, -0.15) is 0 Å². The van der Waals surface area contributed by atoms with Crippen molar-refractivity contribution in [1.29, 1.82) is 0 Å². The Morgan fingerprint density at radius 1 is 1.36 bits per heavy atom. The lowest BCUT2D eigenvalue weighted by molar-refractivity contribution is -0.123. The van der Waals surface area contributed by atoms with E-state index in [1.165, 1.54) is 6.07 Å². The van der Waals surface area contributed by atoms with Crippen LogP contribution in [0.3, 0.4) is 0 Å². The van der Waals surface area contributed by atoms with Gasteiger partial charge in [-0.3, -0.25) is 4.79 Å². The summed E-state index contributed by atoms with van der Waals surface area (Å²) in [6, 6.07) is 6.17. The van der Waals surface area contributed by atoms with Crippen molar-refractivity contribution in [2.45, 2.75) is 25.8 Å². The molecule has 1 aliphatic rings. The first kappa shape index (κ1) is 17.5. The van der Waals surface area contributed by atoms with Gasteiger partial charge in [0, 0.05) is 23.6 Å². The van der Waals surface area contributed by atoms with E-state index in [0.29, 0.717) is 24.2 Å². The number of benzene rings is 1. The summed E-state index contributed by atoms with van der Waals surface area (Å²) in [5.41, 5.74) is 0.865. The van der Waals surface area contributed by atoms with E-state index in [9.17, 15) is 18.0 Å². The Morgan fingerprint density at radius 2 is 2.16 bits per heavy atom. The van der Waals surface area contributed by atoms with Crippen molar-refractivity contribution in [3.8, 4) is 5.75 Å². The molecule has 3 rings (SSSR count). The Balaban J connectivity index is 1.65. The molecule has 0 radical (unpaired) electrons. The van der Waals surface area contributed by atoms with Crippen molar-refractivity contribution >= 4 is 26.7 Å². The van der Waals surface area contributed by atoms with Crippen LogP contribution in [0.4, 0.5) is 0 Å². The van der Waals surface area contributed by atoms with Crippen LogP contribution in [0.5, 0.6) is 5.75 Å². The van der Waals surface area contributed by atoms with Gasteiger partial charge in [-0.1, -0.05) is 6.92 Å². The molecule has 134 valence electrons. The lowest BCUT2D eigenvalue weighted by atomic mass is 10.1. The number of amides is 1. The average molecular weight is 365 g/mol. The molecule has 1 aliphatic heterocycles. The van der Waals surface area contributed by atoms with Gasteiger partial charge in [0.25, 0.3) is 5.91 Å². The molecule has 7 nitrogen and oxygen atoms in total. The molecule has 0 bridgehead atoms. The molecule has 0 unspecified atom stereocenters. The molecule has 25 heavy (non-hydrogen) atoms. The van der Waals surface area contributed by atoms with Crippen LogP contribution in [0.25, 0.3) is 11.0 Å². The van der Waals surface area contributed by atoms with E-state index in [2.05, 4.69) is 5.32 Å². The SMILES string of the molecule is CCc1cc(=O)oc2cc(OCC(=O)N[C@@H]3CCS(=O)(=O)C3)ccc12. The number of carbonyl (C=O) groups excluding carboxylic acids is 1. The van der Waals surface area contributed by atoms with Crippen LogP contribution in [-0.2, 0) is 21.1 Å². The van der Waals surface area contributed by atoms with Gasteiger partial charge in [-0.05, 0) is 30.5 Å². The molecule has 8 heteroatoms. The van der Waals surface area contributed by atoms with Gasteiger partial charge in [0.1, 0.15) is 11.3 Å². The van der Waals surface area contributed by atoms with Crippen LogP contribution >= 0.6 is 0 Å². The summed E-state index contributed by atoms with van der Waals surface area (Å²) < 4.78 is 33.4. The monoisotopic (exact) mass is 365 g/mol. The Bertz CT molecular complexity index is 963. The second-order valence-corrected chi connectivity index (χ2v) is 8.29. The van der Waals surface area contributed by atoms with Crippen LogP contribution < -0.4 is 15.7 Å². The zero-order chi connectivity index (χ0) is 18.0. The van der Waals surface area contributed by atoms with Crippen molar-refractivity contribution in [2.75, 3.05) is 18.1 Å². The number of rotatable bonds is 5. The molecule has 1 aromatic carbocycles. The Morgan fingerprint density at radius 3 is 2.84 bits per heavy atom. The number of hydrogen-bond donors (Lipinski definition) is 1. The summed E-state index contributed by atoms with van der Waals surface area (Å²) in [4.78, 5) is 23.5. The summed E-state index contributed by atoms with van der Waals surface area (Å²) in [5.74, 6) is 0.0890. The van der Waals surface area contributed by atoms with Gasteiger partial charge in [0.15, 0.2) is 16.4 Å². The third-order valence-electron chi connectivity index (χ3n) is 4.15. The maximum Gasteiger partial charge on any atom is 0.336 e. The van der Waals surface area contributed by atoms with Crippen LogP contribution in [0.1, 0.15) is 18.9 Å². The topological polar surface area (TPSA) is 103 Å². The highest BCUT2D eigenvalue weighted by Crippen LogP contribution is 2.23. The molecule has 1 atom stereocenters. The zero-order valence-electron chi connectivity index (χ0n) is 13.8. The highest BCUT2D eigenvalue weighted by atomic mass is 32.2. The largest absolute Gasteiger partial charge is 0.484 e. The van der Waals surface area contributed by atoms with Crippen molar-refractivity contribution in [1.82, 2.24) is 5.32 Å². The average Bonchev–Trinajstić information content (AvgIpc) is 2.90. The predicted octanol–water partition coefficient (Wildman–Crippen LogP) is 1.04. The minimum absolute atomic E-state index is 0.0281. The van der Waals surface area contributed by atoms with E-state index < -0.39 is 15.5 Å². The van der Waals surface area contributed by atoms with Crippen molar-refractivity contribution in [2.24, 2.45) is 0 Å². The number of ether oxygens (including phenoxy) is 1. The number of sulfone groups is 1. The highest BCUT2D eigenvalue weighted by Gasteiger charge is 2.28. The molecule has 1 amide bonds. The Kier molecular flexibility index (Phi) is 4.80. The molecule has 1 aromatic heterocycles. The normalized spacial score (nSPS) is 19.0. The van der Waals surface area contributed by atoms with E-state index in [-0.39, 0.29) is 30.1 Å². The molecule has 0 aliphatic carbocycles. The minimum atomic E-state index is -3.04. The number of hydrogen-bond acceptors (Lipinski definition) is 6. The quantitative estimate of drug-likeness (QED) is 0.794. The smallest absolute Gasteiger partial charge is 0.336 e. The van der Waals surface area contributed by atoms with E-state index in [1.54, 1.807) is 18.2 Å². The van der Waals surface area contributed by atoms with Crippen LogP contribution in [-0.4, -0.2) is 38.5 Å². The van der Waals surface area contributed by atoms with E-state index in [0.717, 1.165) is 10.9 Å². The Hall–Kier alpha value is -2.35. The molecule has 1 fully saturated rings. The number of nitrogens with one attached hydrogen (secondary N) is 1.